The molecular formula is C17H16Cl2FN3O2. The van der Waals surface area contributed by atoms with Gasteiger partial charge in [0, 0.05) is 11.1 Å². The zero-order valence-corrected chi connectivity index (χ0v) is 14.7. The van der Waals surface area contributed by atoms with Crippen molar-refractivity contribution < 1.29 is 14.0 Å². The van der Waals surface area contributed by atoms with Gasteiger partial charge in [0.05, 0.1) is 5.02 Å². The lowest BCUT2D eigenvalue weighted by Crippen LogP contribution is -2.43. The van der Waals surface area contributed by atoms with Crippen molar-refractivity contribution in [3.8, 4) is 0 Å². The lowest BCUT2D eigenvalue weighted by molar-refractivity contribution is -0.122. The van der Waals surface area contributed by atoms with Crippen LogP contribution in [0.15, 0.2) is 42.5 Å². The average molecular weight is 384 g/mol. The maximum Gasteiger partial charge on any atom is 0.318 e. The number of benzene rings is 2. The van der Waals surface area contributed by atoms with Gasteiger partial charge in [-0.15, -0.1) is 0 Å². The fourth-order valence-corrected chi connectivity index (χ4v) is 2.92. The van der Waals surface area contributed by atoms with E-state index >= 15 is 0 Å². The third kappa shape index (κ3) is 4.92. The van der Waals surface area contributed by atoms with E-state index in [-0.39, 0.29) is 10.0 Å². The number of nitrogens with one attached hydrogen (secondary N) is 2. The molecule has 2 atom stereocenters. The van der Waals surface area contributed by atoms with Crippen molar-refractivity contribution in [1.82, 2.24) is 10.6 Å². The minimum absolute atomic E-state index is 0.0907. The van der Waals surface area contributed by atoms with E-state index in [1.165, 1.54) is 12.1 Å². The van der Waals surface area contributed by atoms with E-state index in [1.807, 2.05) is 5.32 Å². The lowest BCUT2D eigenvalue weighted by atomic mass is 10.0. The summed E-state index contributed by atoms with van der Waals surface area (Å²) in [6.45, 7) is 1.71. The summed E-state index contributed by atoms with van der Waals surface area (Å²) in [5, 5.41) is 5.24. The predicted molar refractivity (Wildman–Crippen MR) is 94.9 cm³/mol. The molecule has 25 heavy (non-hydrogen) atoms. The minimum Gasteiger partial charge on any atom is -0.351 e. The summed E-state index contributed by atoms with van der Waals surface area (Å²) < 4.78 is 13.8. The van der Waals surface area contributed by atoms with Crippen LogP contribution < -0.4 is 16.4 Å². The Morgan fingerprint density at radius 2 is 1.76 bits per heavy atom. The Labute approximate surface area is 154 Å². The molecule has 132 valence electrons. The van der Waals surface area contributed by atoms with Crippen molar-refractivity contribution in [2.45, 2.75) is 19.0 Å². The maximum absolute atomic E-state index is 13.8. The van der Waals surface area contributed by atoms with E-state index in [9.17, 15) is 14.0 Å². The molecular weight excluding hydrogens is 368 g/mol. The second-order valence-corrected chi connectivity index (χ2v) is 6.19. The Hall–Kier alpha value is -2.15. The number of hydrogen-bond acceptors (Lipinski definition) is 3. The summed E-state index contributed by atoms with van der Waals surface area (Å²) in [5.41, 5.74) is 6.06. The molecule has 0 unspecified atom stereocenters. The largest absolute Gasteiger partial charge is 0.351 e. The Morgan fingerprint density at radius 3 is 2.36 bits per heavy atom. The van der Waals surface area contributed by atoms with Gasteiger partial charge >= 0.3 is 6.03 Å². The van der Waals surface area contributed by atoms with Crippen molar-refractivity contribution in [1.29, 1.82) is 0 Å². The zero-order valence-electron chi connectivity index (χ0n) is 13.2. The van der Waals surface area contributed by atoms with Crippen LogP contribution in [0.5, 0.6) is 0 Å². The van der Waals surface area contributed by atoms with Crippen LogP contribution in [0.1, 0.15) is 30.1 Å². The molecule has 2 rings (SSSR count). The molecule has 0 radical (unpaired) electrons. The number of urea groups is 1. The summed E-state index contributed by atoms with van der Waals surface area (Å²) in [5.74, 6) is -1.25. The summed E-state index contributed by atoms with van der Waals surface area (Å²) in [7, 11) is 0. The number of rotatable bonds is 5. The fourth-order valence-electron chi connectivity index (χ4n) is 2.37. The summed E-state index contributed by atoms with van der Waals surface area (Å²) in [6, 6.07) is 8.87. The first-order chi connectivity index (χ1) is 11.8. The highest BCUT2D eigenvalue weighted by Crippen LogP contribution is 2.30. The zero-order chi connectivity index (χ0) is 18.6. The highest BCUT2D eigenvalue weighted by molar-refractivity contribution is 6.35. The second kappa shape index (κ2) is 8.29. The van der Waals surface area contributed by atoms with Crippen LogP contribution in [0.4, 0.5) is 9.18 Å². The quantitative estimate of drug-likeness (QED) is 0.687. The second-order valence-electron chi connectivity index (χ2n) is 5.37. The Bertz CT molecular complexity index is 787. The van der Waals surface area contributed by atoms with E-state index < -0.39 is 29.8 Å². The number of amides is 3. The molecule has 0 fully saturated rings. The van der Waals surface area contributed by atoms with Gasteiger partial charge in [-0.3, -0.25) is 15.4 Å². The number of primary amides is 1. The summed E-state index contributed by atoms with van der Waals surface area (Å²) >= 11 is 11.8. The SMILES string of the molecule is C[C@@H](N[C@H](C(=O)NC(N)=O)c1ccccc1)c1cc(F)c(Cl)cc1Cl. The number of carbonyl (C=O) groups is 2. The highest BCUT2D eigenvalue weighted by atomic mass is 35.5. The molecule has 0 heterocycles. The Balaban J connectivity index is 2.31. The van der Waals surface area contributed by atoms with Gasteiger partial charge in [0.25, 0.3) is 0 Å². The third-order valence-electron chi connectivity index (χ3n) is 3.56. The molecule has 0 bridgehead atoms. The number of imide groups is 1. The minimum atomic E-state index is -0.962. The molecule has 0 aromatic heterocycles. The molecule has 5 nitrogen and oxygen atoms in total. The number of halogens is 3. The molecule has 0 saturated heterocycles. The van der Waals surface area contributed by atoms with Gasteiger partial charge in [0.1, 0.15) is 11.9 Å². The van der Waals surface area contributed by atoms with Gasteiger partial charge in [0.15, 0.2) is 0 Å². The molecule has 3 amide bonds. The van der Waals surface area contributed by atoms with Gasteiger partial charge in [-0.2, -0.15) is 0 Å². The lowest BCUT2D eigenvalue weighted by Gasteiger charge is -2.23. The monoisotopic (exact) mass is 383 g/mol. The molecule has 4 N–H and O–H groups in total. The van der Waals surface area contributed by atoms with Crippen molar-refractivity contribution in [3.63, 3.8) is 0 Å². The molecule has 2 aromatic rings. The molecule has 0 aliphatic carbocycles. The first-order valence-electron chi connectivity index (χ1n) is 7.35. The van der Waals surface area contributed by atoms with Crippen molar-refractivity contribution in [2.75, 3.05) is 0 Å². The smallest absolute Gasteiger partial charge is 0.318 e. The van der Waals surface area contributed by atoms with Gasteiger partial charge in [0.2, 0.25) is 5.91 Å². The van der Waals surface area contributed by atoms with E-state index in [0.717, 1.165) is 0 Å². The molecule has 0 spiro atoms. The van der Waals surface area contributed by atoms with Crippen LogP contribution in [0, 0.1) is 5.82 Å². The molecule has 2 aromatic carbocycles. The van der Waals surface area contributed by atoms with Crippen molar-refractivity contribution >= 4 is 35.1 Å². The van der Waals surface area contributed by atoms with Gasteiger partial charge in [-0.25, -0.2) is 9.18 Å². The molecule has 0 aliphatic heterocycles. The Morgan fingerprint density at radius 1 is 1.12 bits per heavy atom. The number of carbonyl (C=O) groups excluding carboxylic acids is 2. The van der Waals surface area contributed by atoms with Crippen molar-refractivity contribution in [2.24, 2.45) is 5.73 Å². The molecule has 0 aliphatic rings. The van der Waals surface area contributed by atoms with E-state index in [0.29, 0.717) is 11.1 Å². The van der Waals surface area contributed by atoms with Crippen LogP contribution in [0.25, 0.3) is 0 Å². The fraction of sp³-hybridized carbons (Fsp3) is 0.176. The van der Waals surface area contributed by atoms with Crippen LogP contribution in [-0.4, -0.2) is 11.9 Å². The summed E-state index contributed by atoms with van der Waals surface area (Å²) in [4.78, 5) is 23.3. The van der Waals surface area contributed by atoms with Crippen LogP contribution in [0.3, 0.4) is 0 Å². The maximum atomic E-state index is 13.8. The van der Waals surface area contributed by atoms with Gasteiger partial charge in [-0.05, 0) is 30.2 Å². The molecule has 0 saturated carbocycles. The van der Waals surface area contributed by atoms with Gasteiger partial charge < -0.3 is 5.73 Å². The number of hydrogen-bond donors (Lipinski definition) is 3. The number of nitrogens with two attached hydrogens (primary N) is 1. The first kappa shape index (κ1) is 19.2. The third-order valence-corrected chi connectivity index (χ3v) is 4.18. The molecule has 8 heteroatoms. The van der Waals surface area contributed by atoms with E-state index in [2.05, 4.69) is 5.32 Å². The van der Waals surface area contributed by atoms with Crippen LogP contribution in [-0.2, 0) is 4.79 Å². The topological polar surface area (TPSA) is 84.2 Å². The van der Waals surface area contributed by atoms with E-state index in [4.69, 9.17) is 28.9 Å². The predicted octanol–water partition coefficient (Wildman–Crippen LogP) is 3.72. The normalized spacial score (nSPS) is 13.1. The van der Waals surface area contributed by atoms with Crippen molar-refractivity contribution in [3.05, 3.63) is 69.5 Å². The standard InChI is InChI=1S/C17H16Cl2FN3O2/c1-9(11-7-14(20)13(19)8-12(11)18)22-15(16(24)23-17(21)25)10-5-3-2-4-6-10/h2-9,15,22H,1H3,(H3,21,23,24,25)/t9-,15+/m1/s1. The highest BCUT2D eigenvalue weighted by Gasteiger charge is 2.25. The average Bonchev–Trinajstić information content (AvgIpc) is 2.55. The van der Waals surface area contributed by atoms with E-state index in [1.54, 1.807) is 37.3 Å². The van der Waals surface area contributed by atoms with Gasteiger partial charge in [-0.1, -0.05) is 53.5 Å². The van der Waals surface area contributed by atoms with Crippen LogP contribution >= 0.6 is 23.2 Å². The summed E-state index contributed by atoms with van der Waals surface area (Å²) in [6.07, 6.45) is 0. The first-order valence-corrected chi connectivity index (χ1v) is 8.11. The van der Waals surface area contributed by atoms with Crippen LogP contribution in [0.2, 0.25) is 10.0 Å². The Kier molecular flexibility index (Phi) is 6.36.